The average molecular weight is 393 g/mol. The van der Waals surface area contributed by atoms with E-state index in [2.05, 4.69) is 10.3 Å². The fourth-order valence-corrected chi connectivity index (χ4v) is 3.53. The number of carbonyl (C=O) groups is 2. The molecule has 0 spiro atoms. The van der Waals surface area contributed by atoms with E-state index in [1.54, 1.807) is 36.3 Å². The average Bonchev–Trinajstić information content (AvgIpc) is 3.18. The minimum atomic E-state index is -0.319. The van der Waals surface area contributed by atoms with Gasteiger partial charge in [0.25, 0.3) is 5.91 Å². The number of benzene rings is 2. The van der Waals surface area contributed by atoms with Gasteiger partial charge in [-0.25, -0.2) is 0 Å². The molecule has 3 aromatic rings. The molecule has 1 aromatic heterocycles. The monoisotopic (exact) mass is 393 g/mol. The van der Waals surface area contributed by atoms with E-state index >= 15 is 0 Å². The van der Waals surface area contributed by atoms with E-state index in [0.717, 1.165) is 16.7 Å². The van der Waals surface area contributed by atoms with E-state index in [9.17, 15) is 9.59 Å². The van der Waals surface area contributed by atoms with Gasteiger partial charge in [0.2, 0.25) is 5.91 Å². The van der Waals surface area contributed by atoms with Gasteiger partial charge in [0.1, 0.15) is 11.4 Å². The Balaban J connectivity index is 1.45. The van der Waals surface area contributed by atoms with Gasteiger partial charge in [-0.15, -0.1) is 0 Å². The molecule has 29 heavy (non-hydrogen) atoms. The number of anilines is 1. The first kappa shape index (κ1) is 19.0. The molecular formula is C22H23N3O4. The summed E-state index contributed by atoms with van der Waals surface area (Å²) in [6.45, 7) is 1.25. The van der Waals surface area contributed by atoms with Crippen LogP contribution in [0.4, 0.5) is 5.69 Å². The zero-order valence-corrected chi connectivity index (χ0v) is 16.2. The van der Waals surface area contributed by atoms with Crippen molar-refractivity contribution in [3.8, 4) is 5.75 Å². The SMILES string of the molecule is COc1ccc(NC(=O)CC2COCCN2C(=O)c2cc3ccccc3[nH]2)cc1. The third-order valence-corrected chi connectivity index (χ3v) is 5.04. The lowest BCUT2D eigenvalue weighted by atomic mass is 10.1. The van der Waals surface area contributed by atoms with Gasteiger partial charge in [-0.3, -0.25) is 9.59 Å². The number of fused-ring (bicyclic) bond motifs is 1. The molecule has 7 heteroatoms. The van der Waals surface area contributed by atoms with Crippen molar-refractivity contribution in [2.75, 3.05) is 32.2 Å². The Morgan fingerprint density at radius 2 is 2.00 bits per heavy atom. The summed E-state index contributed by atoms with van der Waals surface area (Å²) < 4.78 is 10.7. The Hall–Kier alpha value is -3.32. The third kappa shape index (κ3) is 4.25. The molecule has 150 valence electrons. The number of morpholine rings is 1. The number of H-pyrrole nitrogens is 1. The number of hydrogen-bond donors (Lipinski definition) is 2. The Bertz CT molecular complexity index is 979. The van der Waals surface area contributed by atoms with E-state index in [1.165, 1.54) is 0 Å². The van der Waals surface area contributed by atoms with E-state index < -0.39 is 0 Å². The lowest BCUT2D eigenvalue weighted by Gasteiger charge is -2.35. The molecule has 4 rings (SSSR count). The number of aromatic amines is 1. The molecule has 0 aliphatic carbocycles. The normalized spacial score (nSPS) is 16.6. The van der Waals surface area contributed by atoms with Crippen LogP contribution in [0.15, 0.2) is 54.6 Å². The number of nitrogens with one attached hydrogen (secondary N) is 2. The van der Waals surface area contributed by atoms with Crippen molar-refractivity contribution >= 4 is 28.4 Å². The maximum Gasteiger partial charge on any atom is 0.270 e. The second kappa shape index (κ2) is 8.36. The van der Waals surface area contributed by atoms with Gasteiger partial charge in [-0.1, -0.05) is 18.2 Å². The van der Waals surface area contributed by atoms with Gasteiger partial charge in [-0.2, -0.15) is 0 Å². The summed E-state index contributed by atoms with van der Waals surface area (Å²) in [6.07, 6.45) is 0.165. The molecular weight excluding hydrogens is 370 g/mol. The predicted molar refractivity (Wildman–Crippen MR) is 110 cm³/mol. The predicted octanol–water partition coefficient (Wildman–Crippen LogP) is 3.05. The van der Waals surface area contributed by atoms with Crippen molar-refractivity contribution in [3.63, 3.8) is 0 Å². The van der Waals surface area contributed by atoms with Gasteiger partial charge in [0.05, 0.1) is 26.4 Å². The van der Waals surface area contributed by atoms with E-state index in [4.69, 9.17) is 9.47 Å². The van der Waals surface area contributed by atoms with Crippen LogP contribution in [-0.4, -0.2) is 54.6 Å². The van der Waals surface area contributed by atoms with Gasteiger partial charge in [-0.05, 0) is 36.4 Å². The zero-order chi connectivity index (χ0) is 20.2. The summed E-state index contributed by atoms with van der Waals surface area (Å²) in [6, 6.07) is 16.4. The fourth-order valence-electron chi connectivity index (χ4n) is 3.53. The molecule has 2 heterocycles. The first-order chi connectivity index (χ1) is 14.1. The van der Waals surface area contributed by atoms with Crippen LogP contribution < -0.4 is 10.1 Å². The van der Waals surface area contributed by atoms with Crippen molar-refractivity contribution in [2.24, 2.45) is 0 Å². The highest BCUT2D eigenvalue weighted by atomic mass is 16.5. The van der Waals surface area contributed by atoms with Crippen LogP contribution in [0, 0.1) is 0 Å². The van der Waals surface area contributed by atoms with Crippen LogP contribution in [0.25, 0.3) is 10.9 Å². The lowest BCUT2D eigenvalue weighted by molar-refractivity contribution is -0.118. The standard InChI is InChI=1S/C22H23N3O4/c1-28-18-8-6-16(7-9-18)23-21(26)13-17-14-29-11-10-25(17)22(27)20-12-15-4-2-3-5-19(15)24-20/h2-9,12,17,24H,10-11,13-14H2,1H3,(H,23,26). The van der Waals surface area contributed by atoms with E-state index in [0.29, 0.717) is 31.1 Å². The minimum absolute atomic E-state index is 0.119. The number of methoxy groups -OCH3 is 1. The van der Waals surface area contributed by atoms with Crippen molar-refractivity contribution < 1.29 is 19.1 Å². The summed E-state index contributed by atoms with van der Waals surface area (Å²) in [5.74, 6) is 0.436. The highest BCUT2D eigenvalue weighted by molar-refractivity contribution is 5.99. The largest absolute Gasteiger partial charge is 0.497 e. The molecule has 2 aromatic carbocycles. The number of amides is 2. The summed E-state index contributed by atoms with van der Waals surface area (Å²) in [4.78, 5) is 30.5. The maximum atomic E-state index is 13.1. The quantitative estimate of drug-likeness (QED) is 0.698. The summed E-state index contributed by atoms with van der Waals surface area (Å²) >= 11 is 0. The van der Waals surface area contributed by atoms with Gasteiger partial charge >= 0.3 is 0 Å². The number of para-hydroxylation sites is 1. The Kier molecular flexibility index (Phi) is 5.48. The Morgan fingerprint density at radius 1 is 1.21 bits per heavy atom. The van der Waals surface area contributed by atoms with Crippen LogP contribution in [0.1, 0.15) is 16.9 Å². The second-order valence-corrected chi connectivity index (χ2v) is 6.98. The van der Waals surface area contributed by atoms with Gasteiger partial charge in [0, 0.05) is 29.6 Å². The smallest absolute Gasteiger partial charge is 0.270 e. The molecule has 7 nitrogen and oxygen atoms in total. The lowest BCUT2D eigenvalue weighted by Crippen LogP contribution is -2.50. The van der Waals surface area contributed by atoms with Crippen molar-refractivity contribution in [1.82, 2.24) is 9.88 Å². The first-order valence-electron chi connectivity index (χ1n) is 9.54. The highest BCUT2D eigenvalue weighted by Gasteiger charge is 2.30. The molecule has 1 aliphatic heterocycles. The summed E-state index contributed by atoms with van der Waals surface area (Å²) in [5.41, 5.74) is 2.12. The summed E-state index contributed by atoms with van der Waals surface area (Å²) in [7, 11) is 1.59. The molecule has 1 fully saturated rings. The molecule has 0 bridgehead atoms. The van der Waals surface area contributed by atoms with Crippen LogP contribution in [0.5, 0.6) is 5.75 Å². The van der Waals surface area contributed by atoms with Crippen molar-refractivity contribution in [2.45, 2.75) is 12.5 Å². The molecule has 2 N–H and O–H groups in total. The van der Waals surface area contributed by atoms with Crippen molar-refractivity contribution in [3.05, 3.63) is 60.3 Å². The zero-order valence-electron chi connectivity index (χ0n) is 16.2. The minimum Gasteiger partial charge on any atom is -0.497 e. The van der Waals surface area contributed by atoms with Crippen LogP contribution in [-0.2, 0) is 9.53 Å². The first-order valence-corrected chi connectivity index (χ1v) is 9.54. The number of ether oxygens (including phenoxy) is 2. The molecule has 1 aliphatic rings. The van der Waals surface area contributed by atoms with E-state index in [-0.39, 0.29) is 24.3 Å². The number of nitrogens with zero attached hydrogens (tertiary/aromatic N) is 1. The third-order valence-electron chi connectivity index (χ3n) is 5.04. The summed E-state index contributed by atoms with van der Waals surface area (Å²) in [5, 5.41) is 3.85. The maximum absolute atomic E-state index is 13.1. The Morgan fingerprint density at radius 3 is 2.76 bits per heavy atom. The van der Waals surface area contributed by atoms with E-state index in [1.807, 2.05) is 30.3 Å². The number of carbonyl (C=O) groups excluding carboxylic acids is 2. The Labute approximate surface area is 168 Å². The van der Waals surface area contributed by atoms with Crippen LogP contribution in [0.3, 0.4) is 0 Å². The second-order valence-electron chi connectivity index (χ2n) is 6.98. The van der Waals surface area contributed by atoms with Crippen LogP contribution >= 0.6 is 0 Å². The molecule has 0 saturated carbocycles. The number of aromatic nitrogens is 1. The van der Waals surface area contributed by atoms with Gasteiger partial charge in [0.15, 0.2) is 0 Å². The molecule has 1 atom stereocenters. The molecule has 0 radical (unpaired) electrons. The number of rotatable bonds is 5. The molecule has 1 saturated heterocycles. The molecule has 2 amide bonds. The van der Waals surface area contributed by atoms with Gasteiger partial charge < -0.3 is 24.7 Å². The van der Waals surface area contributed by atoms with Crippen LogP contribution in [0.2, 0.25) is 0 Å². The highest BCUT2D eigenvalue weighted by Crippen LogP contribution is 2.20. The number of hydrogen-bond acceptors (Lipinski definition) is 4. The fraction of sp³-hybridized carbons (Fsp3) is 0.273. The van der Waals surface area contributed by atoms with Crippen molar-refractivity contribution in [1.29, 1.82) is 0 Å². The topological polar surface area (TPSA) is 83.7 Å². The molecule has 1 unspecified atom stereocenters.